The number of hydrogen-bond donors (Lipinski definition) is 0. The molecule has 0 unspecified atom stereocenters. The Bertz CT molecular complexity index is 471. The van der Waals surface area contributed by atoms with Crippen molar-refractivity contribution >= 4 is 58.5 Å². The van der Waals surface area contributed by atoms with Crippen LogP contribution in [-0.2, 0) is 29.2 Å². The van der Waals surface area contributed by atoms with E-state index in [-0.39, 0.29) is 51.0 Å². The summed E-state index contributed by atoms with van der Waals surface area (Å²) in [5.41, 5.74) is 0. The fourth-order valence-electron chi connectivity index (χ4n) is 1.98. The smallest absolute Gasteiger partial charge is 0.726 e. The van der Waals surface area contributed by atoms with Gasteiger partial charge in [-0.3, -0.25) is 8.37 Å². The van der Waals surface area contributed by atoms with Gasteiger partial charge in [0, 0.05) is 0 Å². The van der Waals surface area contributed by atoms with Crippen LogP contribution in [0.1, 0.15) is 79.1 Å². The topological polar surface area (TPSA) is 133 Å². The first-order chi connectivity index (χ1) is 11.8. The fraction of sp³-hybridized carbons (Fsp3) is 1.00. The zero-order valence-electron chi connectivity index (χ0n) is 17.0. The maximum absolute atomic E-state index is 9.99. The molecule has 0 saturated carbocycles. The van der Waals surface area contributed by atoms with Crippen molar-refractivity contribution in [1.82, 2.24) is 0 Å². The molecule has 0 heterocycles. The first-order valence-electron chi connectivity index (χ1n) is 9.04. The maximum atomic E-state index is 9.99. The van der Waals surface area contributed by atoms with Crippen molar-refractivity contribution in [2.45, 2.75) is 79.1 Å². The third-order valence-corrected chi connectivity index (χ3v) is 4.22. The Kier molecular flexibility index (Phi) is 23.0. The average molecular weight is 459 g/mol. The molecule has 0 aromatic carbocycles. The van der Waals surface area contributed by atoms with Gasteiger partial charge in [-0.25, -0.2) is 16.8 Å². The van der Waals surface area contributed by atoms with E-state index < -0.39 is 20.8 Å². The monoisotopic (exact) mass is 458 g/mol. The second-order valence-electron chi connectivity index (χ2n) is 6.95. The minimum Gasteiger partial charge on any atom is -0.726 e. The summed E-state index contributed by atoms with van der Waals surface area (Å²) in [6.45, 7) is 8.59. The van der Waals surface area contributed by atoms with Gasteiger partial charge in [-0.15, -0.1) is 0 Å². The Morgan fingerprint density at radius 3 is 1.15 bits per heavy atom. The van der Waals surface area contributed by atoms with Gasteiger partial charge in [0.05, 0.1) is 13.2 Å². The molecule has 11 heteroatoms. The summed E-state index contributed by atoms with van der Waals surface area (Å²) < 4.78 is 68.1. The predicted molar refractivity (Wildman–Crippen MR) is 104 cm³/mol. The van der Waals surface area contributed by atoms with E-state index in [4.69, 9.17) is 0 Å². The molecule has 160 valence electrons. The first-order valence-corrected chi connectivity index (χ1v) is 11.7. The molecule has 0 aromatic heterocycles. The van der Waals surface area contributed by atoms with Crippen LogP contribution in [-0.4, -0.2) is 76.9 Å². The van der Waals surface area contributed by atoms with Crippen LogP contribution in [0.4, 0.5) is 0 Å². The molecule has 8 nitrogen and oxygen atoms in total. The van der Waals surface area contributed by atoms with Crippen LogP contribution in [0.25, 0.3) is 0 Å². The van der Waals surface area contributed by atoms with E-state index >= 15 is 0 Å². The van der Waals surface area contributed by atoms with Crippen molar-refractivity contribution in [3.05, 3.63) is 0 Å². The van der Waals surface area contributed by atoms with Crippen molar-refractivity contribution in [1.29, 1.82) is 0 Å². The molecule has 0 saturated heterocycles. The molecule has 0 spiro atoms. The van der Waals surface area contributed by atoms with Gasteiger partial charge >= 0.3 is 37.7 Å². The van der Waals surface area contributed by atoms with E-state index in [0.29, 0.717) is 24.7 Å². The summed E-state index contributed by atoms with van der Waals surface area (Å²) in [5.74, 6) is 1.34. The molecule has 0 aliphatic carbocycles. The Hall–Kier alpha value is 1.000. The molecular weight excluding hydrogens is 424 g/mol. The van der Waals surface area contributed by atoms with E-state index in [1.165, 1.54) is 0 Å². The Morgan fingerprint density at radius 2 is 0.926 bits per heavy atom. The summed E-state index contributed by atoms with van der Waals surface area (Å²) >= 11 is 0. The maximum Gasteiger partial charge on any atom is 2.00 e. The van der Waals surface area contributed by atoms with Gasteiger partial charge in [0.1, 0.15) is 0 Å². The van der Waals surface area contributed by atoms with Gasteiger partial charge < -0.3 is 9.11 Å². The molecule has 0 atom stereocenters. The van der Waals surface area contributed by atoms with E-state index in [1.807, 2.05) is 0 Å². The largest absolute Gasteiger partial charge is 2.00 e. The molecule has 0 N–H and O–H groups in total. The van der Waals surface area contributed by atoms with Gasteiger partial charge in [0.25, 0.3) is 0 Å². The Labute approximate surface area is 195 Å². The van der Waals surface area contributed by atoms with Crippen LogP contribution < -0.4 is 0 Å². The first kappa shape index (κ1) is 32.7. The number of unbranched alkanes of at least 4 members (excludes halogenated alkanes) is 4. The molecule has 27 heavy (non-hydrogen) atoms. The quantitative estimate of drug-likeness (QED) is 0.168. The Morgan fingerprint density at radius 1 is 0.630 bits per heavy atom. The van der Waals surface area contributed by atoms with Crippen LogP contribution in [0.15, 0.2) is 0 Å². The van der Waals surface area contributed by atoms with Crippen LogP contribution in [0.5, 0.6) is 0 Å². The second-order valence-corrected chi connectivity index (χ2v) is 9.05. The summed E-state index contributed by atoms with van der Waals surface area (Å²) in [6, 6.07) is 0. The summed E-state index contributed by atoms with van der Waals surface area (Å²) in [5, 5.41) is 0. The van der Waals surface area contributed by atoms with Crippen molar-refractivity contribution < 1.29 is 34.3 Å². The van der Waals surface area contributed by atoms with Crippen molar-refractivity contribution in [3.63, 3.8) is 0 Å². The van der Waals surface area contributed by atoms with E-state index in [9.17, 15) is 25.9 Å². The van der Waals surface area contributed by atoms with Crippen molar-refractivity contribution in [2.75, 3.05) is 13.2 Å². The molecule has 0 aliphatic rings. The van der Waals surface area contributed by atoms with Gasteiger partial charge in [0.2, 0.25) is 20.8 Å². The third kappa shape index (κ3) is 38.3. The average Bonchev–Trinajstić information content (AvgIpc) is 2.44. The molecule has 0 radical (unpaired) electrons. The molecule has 0 aliphatic heterocycles. The zero-order valence-corrected chi connectivity index (χ0v) is 20.9. The van der Waals surface area contributed by atoms with Crippen LogP contribution >= 0.6 is 0 Å². The predicted octanol–water partition coefficient (Wildman–Crippen LogP) is 2.98. The van der Waals surface area contributed by atoms with Crippen molar-refractivity contribution in [3.8, 4) is 0 Å². The van der Waals surface area contributed by atoms with Crippen LogP contribution in [0.3, 0.4) is 0 Å². The normalized spacial score (nSPS) is 11.9. The van der Waals surface area contributed by atoms with Gasteiger partial charge in [-0.05, 0) is 24.7 Å². The molecule has 0 aromatic rings. The van der Waals surface area contributed by atoms with Crippen LogP contribution in [0, 0.1) is 11.8 Å². The minimum absolute atomic E-state index is 0. The molecule has 0 amide bonds. The third-order valence-electron chi connectivity index (χ3n) is 3.31. The molecule has 0 bridgehead atoms. The summed E-state index contributed by atoms with van der Waals surface area (Å²) in [4.78, 5) is 0. The number of rotatable bonds is 14. The van der Waals surface area contributed by atoms with E-state index in [2.05, 4.69) is 36.1 Å². The van der Waals surface area contributed by atoms with Crippen LogP contribution in [0.2, 0.25) is 0 Å². The molecule has 0 rings (SSSR count). The van der Waals surface area contributed by atoms with Crippen molar-refractivity contribution in [2.24, 2.45) is 11.8 Å². The standard InChI is InChI=1S/2C8H18O4S.Ca/c2*1-8(2)6-4-3-5-7-12-13(9,10)11;/h2*8H,3-7H2,1-2H3,(H,9,10,11);/q;;+2/p-2. The zero-order chi connectivity index (χ0) is 20.6. The van der Waals surface area contributed by atoms with E-state index in [1.54, 1.807) is 0 Å². The fourth-order valence-corrected chi connectivity index (χ4v) is 2.63. The SMILES string of the molecule is CC(C)CCCCCOS(=O)(=O)[O-].CC(C)CCCCCOS(=O)(=O)[O-].[Ca+2]. The molecular formula is C16H34CaO8S2. The summed E-state index contributed by atoms with van der Waals surface area (Å²) in [7, 11) is -8.96. The summed E-state index contributed by atoms with van der Waals surface area (Å²) in [6.07, 6.45) is 7.46. The van der Waals surface area contributed by atoms with Gasteiger partial charge in [-0.2, -0.15) is 0 Å². The minimum atomic E-state index is -4.48. The number of hydrogen-bond acceptors (Lipinski definition) is 8. The van der Waals surface area contributed by atoms with E-state index in [0.717, 1.165) is 38.5 Å². The Balaban J connectivity index is -0.000000411. The van der Waals surface area contributed by atoms with Gasteiger partial charge in [-0.1, -0.05) is 66.2 Å². The second kappa shape index (κ2) is 19.0. The molecule has 0 fully saturated rings. The van der Waals surface area contributed by atoms with Gasteiger partial charge in [0.15, 0.2) is 0 Å².